The van der Waals surface area contributed by atoms with Gasteiger partial charge in [0, 0.05) is 25.3 Å². The predicted octanol–water partition coefficient (Wildman–Crippen LogP) is 1.41. The molecule has 0 aliphatic rings. The molecule has 20 heavy (non-hydrogen) atoms. The summed E-state index contributed by atoms with van der Waals surface area (Å²) in [5.74, 6) is 0.579. The van der Waals surface area contributed by atoms with E-state index < -0.39 is 6.04 Å². The summed E-state index contributed by atoms with van der Waals surface area (Å²) in [6.45, 7) is 0. The van der Waals surface area contributed by atoms with Gasteiger partial charge in [-0.1, -0.05) is 0 Å². The molecule has 0 bridgehead atoms. The second-order valence-corrected chi connectivity index (χ2v) is 5.64. The monoisotopic (exact) mass is 295 g/mol. The predicted molar refractivity (Wildman–Crippen MR) is 84.1 cm³/mol. The van der Waals surface area contributed by atoms with Gasteiger partial charge in [-0.3, -0.25) is 9.59 Å². The molecule has 0 saturated heterocycles. The molecule has 1 aromatic carbocycles. The highest BCUT2D eigenvalue weighted by atomic mass is 32.2. The van der Waals surface area contributed by atoms with Crippen LogP contribution in [0.25, 0.3) is 0 Å². The number of nitrogens with zero attached hydrogens (tertiary/aromatic N) is 1. The van der Waals surface area contributed by atoms with Gasteiger partial charge in [-0.2, -0.15) is 11.8 Å². The van der Waals surface area contributed by atoms with Gasteiger partial charge in [-0.25, -0.2) is 0 Å². The summed E-state index contributed by atoms with van der Waals surface area (Å²) < 4.78 is 0. The molecule has 2 amide bonds. The van der Waals surface area contributed by atoms with Gasteiger partial charge in [0.1, 0.15) is 0 Å². The smallest absolute Gasteiger partial charge is 0.253 e. The fraction of sp³-hybridized carbons (Fsp3) is 0.429. The molecule has 3 N–H and O–H groups in total. The second kappa shape index (κ2) is 7.91. The topological polar surface area (TPSA) is 75.4 Å². The third kappa shape index (κ3) is 4.86. The van der Waals surface area contributed by atoms with Gasteiger partial charge in [0.25, 0.3) is 5.91 Å². The number of nitrogens with one attached hydrogen (secondary N) is 1. The van der Waals surface area contributed by atoms with Gasteiger partial charge in [0.05, 0.1) is 6.04 Å². The minimum Gasteiger partial charge on any atom is -0.345 e. The molecule has 0 heterocycles. The van der Waals surface area contributed by atoms with Crippen LogP contribution in [0.5, 0.6) is 0 Å². The molecule has 110 valence electrons. The Labute approximate surface area is 123 Å². The standard InChI is InChI=1S/C14H21N3O2S/c1-17(2)14(19)10-4-6-11(7-5-10)16-13(18)12(15)8-9-20-3/h4-7,12H,8-9,15H2,1-3H3,(H,16,18)/t12-/m0/s1. The minimum absolute atomic E-state index is 0.0699. The van der Waals surface area contributed by atoms with E-state index in [0.29, 0.717) is 17.7 Å². The fourth-order valence-corrected chi connectivity index (χ4v) is 2.05. The van der Waals surface area contributed by atoms with Crippen molar-refractivity contribution in [2.75, 3.05) is 31.4 Å². The zero-order chi connectivity index (χ0) is 15.1. The summed E-state index contributed by atoms with van der Waals surface area (Å²) in [5, 5.41) is 2.75. The lowest BCUT2D eigenvalue weighted by Gasteiger charge is -2.13. The Morgan fingerprint density at radius 1 is 1.30 bits per heavy atom. The first-order valence-electron chi connectivity index (χ1n) is 6.32. The Kier molecular flexibility index (Phi) is 6.54. The number of rotatable bonds is 6. The molecule has 1 rings (SSSR count). The summed E-state index contributed by atoms with van der Waals surface area (Å²) in [4.78, 5) is 25.1. The Balaban J connectivity index is 2.61. The molecule has 0 saturated carbocycles. The lowest BCUT2D eigenvalue weighted by atomic mass is 10.1. The zero-order valence-corrected chi connectivity index (χ0v) is 12.9. The van der Waals surface area contributed by atoms with Gasteiger partial charge < -0.3 is 16.0 Å². The quantitative estimate of drug-likeness (QED) is 0.832. The van der Waals surface area contributed by atoms with Crippen LogP contribution in [-0.2, 0) is 4.79 Å². The van der Waals surface area contributed by atoms with E-state index >= 15 is 0 Å². The molecule has 0 unspecified atom stereocenters. The van der Waals surface area contributed by atoms with Crippen LogP contribution >= 0.6 is 11.8 Å². The van der Waals surface area contributed by atoms with Crippen molar-refractivity contribution < 1.29 is 9.59 Å². The average Bonchev–Trinajstić information content (AvgIpc) is 2.44. The number of carbonyl (C=O) groups excluding carboxylic acids is 2. The molecule has 6 heteroatoms. The van der Waals surface area contributed by atoms with Crippen molar-refractivity contribution in [2.24, 2.45) is 5.73 Å². The summed E-state index contributed by atoms with van der Waals surface area (Å²) in [7, 11) is 3.39. The van der Waals surface area contributed by atoms with Crippen LogP contribution in [0.3, 0.4) is 0 Å². The first-order valence-corrected chi connectivity index (χ1v) is 7.72. The maximum atomic E-state index is 11.8. The van der Waals surface area contributed by atoms with Crippen LogP contribution in [0.4, 0.5) is 5.69 Å². The van der Waals surface area contributed by atoms with Crippen molar-refractivity contribution >= 4 is 29.3 Å². The Hall–Kier alpha value is -1.53. The molecule has 5 nitrogen and oxygen atoms in total. The Morgan fingerprint density at radius 3 is 2.40 bits per heavy atom. The fourth-order valence-electron chi connectivity index (χ4n) is 1.57. The van der Waals surface area contributed by atoms with Crippen LogP contribution < -0.4 is 11.1 Å². The number of amides is 2. The van der Waals surface area contributed by atoms with E-state index in [4.69, 9.17) is 5.73 Å². The van der Waals surface area contributed by atoms with Gasteiger partial charge in [-0.05, 0) is 42.7 Å². The number of benzene rings is 1. The highest BCUT2D eigenvalue weighted by Gasteiger charge is 2.13. The van der Waals surface area contributed by atoms with Crippen LogP contribution in [-0.4, -0.2) is 48.9 Å². The molecular formula is C14H21N3O2S. The Bertz CT molecular complexity index is 460. The van der Waals surface area contributed by atoms with Gasteiger partial charge in [0.2, 0.25) is 5.91 Å². The third-order valence-corrected chi connectivity index (χ3v) is 3.42. The van der Waals surface area contributed by atoms with Gasteiger partial charge >= 0.3 is 0 Å². The maximum Gasteiger partial charge on any atom is 0.253 e. The number of nitrogens with two attached hydrogens (primary N) is 1. The number of anilines is 1. The Morgan fingerprint density at radius 2 is 1.90 bits per heavy atom. The summed E-state index contributed by atoms with van der Waals surface area (Å²) in [6.07, 6.45) is 2.62. The van der Waals surface area contributed by atoms with E-state index in [-0.39, 0.29) is 11.8 Å². The second-order valence-electron chi connectivity index (χ2n) is 4.65. The zero-order valence-electron chi connectivity index (χ0n) is 12.1. The minimum atomic E-state index is -0.509. The summed E-state index contributed by atoms with van der Waals surface area (Å²) in [6, 6.07) is 6.27. The number of carbonyl (C=O) groups is 2. The number of hydrogen-bond donors (Lipinski definition) is 2. The lowest BCUT2D eigenvalue weighted by molar-refractivity contribution is -0.117. The van der Waals surface area contributed by atoms with E-state index in [0.717, 1.165) is 5.75 Å². The molecule has 1 aromatic rings. The van der Waals surface area contributed by atoms with Gasteiger partial charge in [-0.15, -0.1) is 0 Å². The highest BCUT2D eigenvalue weighted by Crippen LogP contribution is 2.11. The van der Waals surface area contributed by atoms with Crippen LogP contribution in [0.15, 0.2) is 24.3 Å². The average molecular weight is 295 g/mol. The summed E-state index contributed by atoms with van der Waals surface area (Å²) >= 11 is 1.66. The maximum absolute atomic E-state index is 11.8. The SMILES string of the molecule is CSCC[C@H](N)C(=O)Nc1ccc(C(=O)N(C)C)cc1. The summed E-state index contributed by atoms with van der Waals surface area (Å²) in [5.41, 5.74) is 7.01. The van der Waals surface area contributed by atoms with E-state index in [9.17, 15) is 9.59 Å². The number of hydrogen-bond acceptors (Lipinski definition) is 4. The third-order valence-electron chi connectivity index (χ3n) is 2.78. The highest BCUT2D eigenvalue weighted by molar-refractivity contribution is 7.98. The largest absolute Gasteiger partial charge is 0.345 e. The first kappa shape index (κ1) is 16.5. The van der Waals surface area contributed by atoms with Crippen LogP contribution in [0, 0.1) is 0 Å². The van der Waals surface area contributed by atoms with Crippen molar-refractivity contribution in [3.8, 4) is 0 Å². The van der Waals surface area contributed by atoms with Crippen molar-refractivity contribution in [1.29, 1.82) is 0 Å². The van der Waals surface area contributed by atoms with Crippen molar-refractivity contribution in [3.63, 3.8) is 0 Å². The molecule has 0 spiro atoms. The molecule has 0 aliphatic carbocycles. The van der Waals surface area contributed by atoms with Crippen molar-refractivity contribution in [3.05, 3.63) is 29.8 Å². The molecule has 0 radical (unpaired) electrons. The molecule has 0 aliphatic heterocycles. The van der Waals surface area contributed by atoms with E-state index in [2.05, 4.69) is 5.32 Å². The van der Waals surface area contributed by atoms with Crippen molar-refractivity contribution in [2.45, 2.75) is 12.5 Å². The molecule has 0 aromatic heterocycles. The van der Waals surface area contributed by atoms with E-state index in [1.54, 1.807) is 50.1 Å². The van der Waals surface area contributed by atoms with Gasteiger partial charge in [0.15, 0.2) is 0 Å². The molecule has 0 fully saturated rings. The van der Waals surface area contributed by atoms with E-state index in [1.165, 1.54) is 4.90 Å². The number of thioether (sulfide) groups is 1. The molecular weight excluding hydrogens is 274 g/mol. The normalized spacial score (nSPS) is 11.8. The lowest BCUT2D eigenvalue weighted by Crippen LogP contribution is -2.36. The van der Waals surface area contributed by atoms with Crippen LogP contribution in [0.1, 0.15) is 16.8 Å². The van der Waals surface area contributed by atoms with Crippen LogP contribution in [0.2, 0.25) is 0 Å². The van der Waals surface area contributed by atoms with E-state index in [1.807, 2.05) is 6.26 Å². The molecule has 1 atom stereocenters. The van der Waals surface area contributed by atoms with Crippen molar-refractivity contribution in [1.82, 2.24) is 4.90 Å². The first-order chi connectivity index (χ1) is 9.45.